The first kappa shape index (κ1) is 20.6. The highest BCUT2D eigenvalue weighted by Crippen LogP contribution is 2.31. The molecule has 0 fully saturated rings. The normalized spacial score (nSPS) is 11.6. The van der Waals surface area contributed by atoms with Gasteiger partial charge in [-0.25, -0.2) is 4.79 Å². The van der Waals surface area contributed by atoms with Gasteiger partial charge < -0.3 is 19.7 Å². The van der Waals surface area contributed by atoms with Crippen molar-refractivity contribution in [1.82, 2.24) is 15.2 Å². The van der Waals surface area contributed by atoms with Crippen LogP contribution in [0, 0.1) is 6.92 Å². The first-order chi connectivity index (χ1) is 12.9. The number of pyridine rings is 1. The molecule has 0 aliphatic heterocycles. The molecule has 6 heteroatoms. The Hall–Kier alpha value is -2.76. The monoisotopic (exact) mass is 371 g/mol. The molecular formula is C21H29N3O3. The number of aromatic nitrogens is 1. The van der Waals surface area contributed by atoms with Gasteiger partial charge in [0.1, 0.15) is 0 Å². The van der Waals surface area contributed by atoms with E-state index in [2.05, 4.69) is 10.3 Å². The van der Waals surface area contributed by atoms with E-state index in [9.17, 15) is 4.79 Å². The van der Waals surface area contributed by atoms with Crippen LogP contribution in [0.25, 0.3) is 0 Å². The molecule has 1 N–H and O–H groups in total. The van der Waals surface area contributed by atoms with Crippen molar-refractivity contribution in [3.05, 3.63) is 53.3 Å². The summed E-state index contributed by atoms with van der Waals surface area (Å²) >= 11 is 0. The molecule has 2 rings (SSSR count). The number of urea groups is 1. The van der Waals surface area contributed by atoms with E-state index in [1.54, 1.807) is 19.1 Å². The summed E-state index contributed by atoms with van der Waals surface area (Å²) in [5, 5.41) is 3.02. The highest BCUT2D eigenvalue weighted by Gasteiger charge is 2.17. The van der Waals surface area contributed by atoms with Crippen LogP contribution in [0.2, 0.25) is 0 Å². The van der Waals surface area contributed by atoms with Gasteiger partial charge in [-0.15, -0.1) is 0 Å². The first-order valence-corrected chi connectivity index (χ1v) is 9.17. The lowest BCUT2D eigenvalue weighted by atomic mass is 10.1. The van der Waals surface area contributed by atoms with Crippen LogP contribution in [-0.2, 0) is 13.0 Å². The van der Waals surface area contributed by atoms with Crippen LogP contribution in [0.4, 0.5) is 4.79 Å². The number of benzene rings is 1. The molecule has 0 unspecified atom stereocenters. The van der Waals surface area contributed by atoms with Crippen LogP contribution in [0.3, 0.4) is 0 Å². The SMILES string of the molecule is CCOc1c(CN(C)C(=O)N[C@H](C)Cc2cccc(C)n2)cccc1OC. The third kappa shape index (κ3) is 5.88. The van der Waals surface area contributed by atoms with Gasteiger partial charge >= 0.3 is 6.03 Å². The van der Waals surface area contributed by atoms with Gasteiger partial charge in [0.15, 0.2) is 11.5 Å². The molecule has 27 heavy (non-hydrogen) atoms. The third-order valence-electron chi connectivity index (χ3n) is 4.15. The fourth-order valence-electron chi connectivity index (χ4n) is 2.88. The standard InChI is InChI=1S/C21H29N3O3/c1-6-27-20-17(10-8-12-19(20)26-5)14-24(4)21(25)23-16(3)13-18-11-7-9-15(2)22-18/h7-12,16H,6,13-14H2,1-5H3,(H,23,25)/t16-/m1/s1. The molecule has 1 aromatic carbocycles. The smallest absolute Gasteiger partial charge is 0.317 e. The molecule has 0 saturated heterocycles. The zero-order valence-electron chi connectivity index (χ0n) is 16.8. The van der Waals surface area contributed by atoms with Crippen LogP contribution >= 0.6 is 0 Å². The molecule has 6 nitrogen and oxygen atoms in total. The summed E-state index contributed by atoms with van der Waals surface area (Å²) in [6.07, 6.45) is 0.685. The van der Waals surface area contributed by atoms with Crippen molar-refractivity contribution in [3.8, 4) is 11.5 Å². The molecule has 0 spiro atoms. The first-order valence-electron chi connectivity index (χ1n) is 9.17. The quantitative estimate of drug-likeness (QED) is 0.770. The van der Waals surface area contributed by atoms with E-state index in [-0.39, 0.29) is 12.1 Å². The number of methoxy groups -OCH3 is 1. The number of hydrogen-bond acceptors (Lipinski definition) is 4. The Morgan fingerprint density at radius 2 is 2.00 bits per heavy atom. The molecule has 2 amide bonds. The van der Waals surface area contributed by atoms with E-state index >= 15 is 0 Å². The molecule has 146 valence electrons. The van der Waals surface area contributed by atoms with Gasteiger partial charge in [0, 0.05) is 36.5 Å². The van der Waals surface area contributed by atoms with Crippen molar-refractivity contribution in [1.29, 1.82) is 0 Å². The Morgan fingerprint density at radius 1 is 1.26 bits per heavy atom. The minimum Gasteiger partial charge on any atom is -0.493 e. The van der Waals surface area contributed by atoms with Crippen molar-refractivity contribution < 1.29 is 14.3 Å². The summed E-state index contributed by atoms with van der Waals surface area (Å²) in [4.78, 5) is 18.7. The molecular weight excluding hydrogens is 342 g/mol. The number of ether oxygens (including phenoxy) is 2. The van der Waals surface area contributed by atoms with Crippen molar-refractivity contribution in [2.24, 2.45) is 0 Å². The molecule has 0 aliphatic carbocycles. The van der Waals surface area contributed by atoms with Crippen LogP contribution in [-0.4, -0.2) is 42.7 Å². The lowest BCUT2D eigenvalue weighted by Gasteiger charge is -2.23. The number of aryl methyl sites for hydroxylation is 1. The highest BCUT2D eigenvalue weighted by molar-refractivity contribution is 5.74. The summed E-state index contributed by atoms with van der Waals surface area (Å²) in [7, 11) is 3.38. The average Bonchev–Trinajstić information content (AvgIpc) is 2.63. The van der Waals surface area contributed by atoms with Crippen LogP contribution in [0.15, 0.2) is 36.4 Å². The second-order valence-corrected chi connectivity index (χ2v) is 6.56. The number of amides is 2. The number of nitrogens with zero attached hydrogens (tertiary/aromatic N) is 2. The van der Waals surface area contributed by atoms with E-state index < -0.39 is 0 Å². The molecule has 1 atom stereocenters. The minimum absolute atomic E-state index is 0.0223. The Bertz CT molecular complexity index is 764. The molecule has 2 aromatic rings. The fourth-order valence-corrected chi connectivity index (χ4v) is 2.88. The van der Waals surface area contributed by atoms with E-state index in [0.717, 1.165) is 17.0 Å². The molecule has 1 heterocycles. The van der Waals surface area contributed by atoms with Crippen LogP contribution < -0.4 is 14.8 Å². The second-order valence-electron chi connectivity index (χ2n) is 6.56. The van der Waals surface area contributed by atoms with Gasteiger partial charge in [-0.1, -0.05) is 18.2 Å². The van der Waals surface area contributed by atoms with Gasteiger partial charge in [-0.2, -0.15) is 0 Å². The Kier molecular flexibility index (Phi) is 7.46. The Labute approximate surface area is 161 Å². The molecule has 1 aromatic heterocycles. The molecule has 0 radical (unpaired) electrons. The summed E-state index contributed by atoms with van der Waals surface area (Å²) in [6.45, 7) is 6.82. The van der Waals surface area contributed by atoms with Crippen molar-refractivity contribution >= 4 is 6.03 Å². The lowest BCUT2D eigenvalue weighted by Crippen LogP contribution is -2.42. The van der Waals surface area contributed by atoms with Gasteiger partial charge in [0.2, 0.25) is 0 Å². The minimum atomic E-state index is -0.138. The Morgan fingerprint density at radius 3 is 2.67 bits per heavy atom. The summed E-state index contributed by atoms with van der Waals surface area (Å²) in [5.74, 6) is 1.35. The average molecular weight is 371 g/mol. The maximum atomic E-state index is 12.6. The molecule has 0 saturated carbocycles. The van der Waals surface area contributed by atoms with Crippen LogP contribution in [0.5, 0.6) is 11.5 Å². The number of carbonyl (C=O) groups excluding carboxylic acids is 1. The third-order valence-corrected chi connectivity index (χ3v) is 4.15. The van der Waals surface area contributed by atoms with E-state index in [1.807, 2.05) is 57.2 Å². The number of para-hydroxylation sites is 1. The molecule has 0 aliphatic rings. The second kappa shape index (κ2) is 9.80. The largest absolute Gasteiger partial charge is 0.493 e. The van der Waals surface area contributed by atoms with E-state index in [4.69, 9.17) is 9.47 Å². The number of nitrogens with one attached hydrogen (secondary N) is 1. The predicted molar refractivity (Wildman–Crippen MR) is 106 cm³/mol. The van der Waals surface area contributed by atoms with Gasteiger partial charge in [-0.05, 0) is 39.0 Å². The van der Waals surface area contributed by atoms with Gasteiger partial charge in [0.05, 0.1) is 20.3 Å². The number of rotatable bonds is 8. The predicted octanol–water partition coefficient (Wildman–Crippen LogP) is 3.57. The fraction of sp³-hybridized carbons (Fsp3) is 0.429. The van der Waals surface area contributed by atoms with E-state index in [0.29, 0.717) is 31.1 Å². The van der Waals surface area contributed by atoms with Crippen molar-refractivity contribution in [3.63, 3.8) is 0 Å². The van der Waals surface area contributed by atoms with E-state index in [1.165, 1.54) is 0 Å². The van der Waals surface area contributed by atoms with Crippen molar-refractivity contribution in [2.75, 3.05) is 20.8 Å². The zero-order chi connectivity index (χ0) is 19.8. The van der Waals surface area contributed by atoms with Crippen LogP contribution in [0.1, 0.15) is 30.8 Å². The topological polar surface area (TPSA) is 63.7 Å². The number of carbonyl (C=O) groups is 1. The molecule has 0 bridgehead atoms. The zero-order valence-corrected chi connectivity index (χ0v) is 16.8. The maximum absolute atomic E-state index is 12.6. The maximum Gasteiger partial charge on any atom is 0.317 e. The Balaban J connectivity index is 1.99. The highest BCUT2D eigenvalue weighted by atomic mass is 16.5. The summed E-state index contributed by atoms with van der Waals surface area (Å²) in [6, 6.07) is 11.5. The van der Waals surface area contributed by atoms with Gasteiger partial charge in [-0.3, -0.25) is 4.98 Å². The summed E-state index contributed by atoms with van der Waals surface area (Å²) in [5.41, 5.74) is 2.85. The van der Waals surface area contributed by atoms with Gasteiger partial charge in [0.25, 0.3) is 0 Å². The van der Waals surface area contributed by atoms with Crippen molar-refractivity contribution in [2.45, 2.75) is 39.8 Å². The lowest BCUT2D eigenvalue weighted by molar-refractivity contribution is 0.202. The number of hydrogen-bond donors (Lipinski definition) is 1. The summed E-state index contributed by atoms with van der Waals surface area (Å²) < 4.78 is 11.1.